The van der Waals surface area contributed by atoms with Gasteiger partial charge in [0.1, 0.15) is 26.7 Å². The highest BCUT2D eigenvalue weighted by molar-refractivity contribution is 6.83. The summed E-state index contributed by atoms with van der Waals surface area (Å²) in [6, 6.07) is 8.22. The Hall–Kier alpha value is -1.32. The van der Waals surface area contributed by atoms with Gasteiger partial charge in [0.25, 0.3) is 0 Å². The van der Waals surface area contributed by atoms with Crippen molar-refractivity contribution < 1.29 is 14.2 Å². The molecule has 25 heavy (non-hydrogen) atoms. The molecule has 4 nitrogen and oxygen atoms in total. The summed E-state index contributed by atoms with van der Waals surface area (Å²) >= 11 is 0. The lowest BCUT2D eigenvalue weighted by atomic mass is 9.98. The maximum atomic E-state index is 5.88. The monoisotopic (exact) mass is 363 g/mol. The maximum absolute atomic E-state index is 5.88. The fourth-order valence-corrected chi connectivity index (χ4v) is 2.91. The van der Waals surface area contributed by atoms with Gasteiger partial charge in [0.05, 0.1) is 7.11 Å². The molecule has 0 saturated heterocycles. The summed E-state index contributed by atoms with van der Waals surface area (Å²) in [6.07, 6.45) is -0.190. The third-order valence-electron chi connectivity index (χ3n) is 3.70. The molecule has 0 heterocycles. The molecule has 1 N–H and O–H groups in total. The molecule has 1 aromatic carbocycles. The third kappa shape index (κ3) is 8.55. The third-order valence-corrected chi connectivity index (χ3v) is 4.59. The molecule has 0 radical (unpaired) electrons. The molecule has 140 valence electrons. The summed E-state index contributed by atoms with van der Waals surface area (Å²) in [5, 5.41) is 3.61. The lowest BCUT2D eigenvalue weighted by molar-refractivity contribution is -0.0672. The quantitative estimate of drug-likeness (QED) is 0.413. The molecule has 0 aliphatic rings. The fourth-order valence-electron chi connectivity index (χ4n) is 2.34. The molecule has 0 amide bonds. The molecule has 0 unspecified atom stereocenters. The molecule has 1 aromatic rings. The molecule has 0 spiro atoms. The van der Waals surface area contributed by atoms with Gasteiger partial charge in [-0.2, -0.15) is 0 Å². The van der Waals surface area contributed by atoms with Crippen molar-refractivity contribution in [2.45, 2.75) is 52.2 Å². The minimum Gasteiger partial charge on any atom is -0.497 e. The summed E-state index contributed by atoms with van der Waals surface area (Å²) in [7, 11) is 1.85. The minimum atomic E-state index is -1.46. The predicted molar refractivity (Wildman–Crippen MR) is 106 cm³/mol. The molecule has 0 aliphatic carbocycles. The summed E-state index contributed by atoms with van der Waals surface area (Å²) < 4.78 is 16.2. The van der Waals surface area contributed by atoms with Crippen LogP contribution in [0.1, 0.15) is 19.4 Å². The highest BCUT2D eigenvalue weighted by Gasteiger charge is 2.24. The van der Waals surface area contributed by atoms with Crippen molar-refractivity contribution in [1.29, 1.82) is 0 Å². The zero-order valence-corrected chi connectivity index (χ0v) is 17.7. The van der Waals surface area contributed by atoms with E-state index in [1.807, 2.05) is 12.1 Å². The first-order valence-corrected chi connectivity index (χ1v) is 12.3. The highest BCUT2D eigenvalue weighted by Crippen LogP contribution is 2.14. The van der Waals surface area contributed by atoms with Crippen molar-refractivity contribution in [1.82, 2.24) is 5.32 Å². The Labute approximate surface area is 154 Å². The van der Waals surface area contributed by atoms with E-state index >= 15 is 0 Å². The van der Waals surface area contributed by atoms with E-state index in [0.717, 1.165) is 12.3 Å². The second-order valence-corrected chi connectivity index (χ2v) is 12.3. The molecular formula is C20H33NO3Si. The van der Waals surface area contributed by atoms with Crippen LogP contribution in [0.15, 0.2) is 24.3 Å². The summed E-state index contributed by atoms with van der Waals surface area (Å²) in [5.41, 5.74) is 4.64. The second-order valence-electron chi connectivity index (χ2n) is 7.51. The summed E-state index contributed by atoms with van der Waals surface area (Å²) in [5.74, 6) is 4.61. The Balaban J connectivity index is 2.85. The maximum Gasteiger partial charge on any atom is 0.148 e. The van der Waals surface area contributed by atoms with Gasteiger partial charge in [0, 0.05) is 19.7 Å². The van der Waals surface area contributed by atoms with Crippen LogP contribution in [0.4, 0.5) is 0 Å². The van der Waals surface area contributed by atoms with Crippen LogP contribution in [-0.2, 0) is 16.0 Å². The normalized spacial score (nSPS) is 13.9. The smallest absolute Gasteiger partial charge is 0.148 e. The lowest BCUT2D eigenvalue weighted by Crippen LogP contribution is -2.44. The Morgan fingerprint density at radius 2 is 1.72 bits per heavy atom. The van der Waals surface area contributed by atoms with Crippen molar-refractivity contribution in [3.05, 3.63) is 29.8 Å². The van der Waals surface area contributed by atoms with Crippen LogP contribution in [0.5, 0.6) is 5.75 Å². The Kier molecular flexibility index (Phi) is 9.23. The molecule has 0 saturated carbocycles. The van der Waals surface area contributed by atoms with E-state index in [0.29, 0.717) is 5.92 Å². The molecule has 0 aliphatic heterocycles. The predicted octanol–water partition coefficient (Wildman–Crippen LogP) is 3.68. The van der Waals surface area contributed by atoms with Gasteiger partial charge in [-0.25, -0.2) is 0 Å². The van der Waals surface area contributed by atoms with Gasteiger partial charge in [0.2, 0.25) is 0 Å². The van der Waals surface area contributed by atoms with Crippen LogP contribution >= 0.6 is 0 Å². The van der Waals surface area contributed by atoms with Gasteiger partial charge in [-0.3, -0.25) is 0 Å². The minimum absolute atomic E-state index is 0.126. The second kappa shape index (κ2) is 10.6. The van der Waals surface area contributed by atoms with Crippen LogP contribution in [0.2, 0.25) is 19.6 Å². The number of ether oxygens (including phenoxy) is 3. The van der Waals surface area contributed by atoms with Gasteiger partial charge in [-0.05, 0) is 23.6 Å². The Bertz CT molecular complexity index is 555. The lowest BCUT2D eigenvalue weighted by Gasteiger charge is -2.28. The van der Waals surface area contributed by atoms with Gasteiger partial charge < -0.3 is 19.5 Å². The first-order chi connectivity index (χ1) is 11.8. The highest BCUT2D eigenvalue weighted by atomic mass is 28.3. The Morgan fingerprint density at radius 3 is 2.20 bits per heavy atom. The zero-order valence-electron chi connectivity index (χ0n) is 16.7. The van der Waals surface area contributed by atoms with E-state index in [-0.39, 0.29) is 18.9 Å². The SMILES string of the molecule is COCO[C@H](C#C[Si](C)(C)C)[C@@H](NCc1ccc(OC)cc1)C(C)C. The van der Waals surface area contributed by atoms with Crippen molar-refractivity contribution in [3.8, 4) is 17.2 Å². The Morgan fingerprint density at radius 1 is 1.08 bits per heavy atom. The average molecular weight is 364 g/mol. The fraction of sp³-hybridized carbons (Fsp3) is 0.600. The first-order valence-electron chi connectivity index (χ1n) is 8.76. The molecule has 5 heteroatoms. The zero-order chi connectivity index (χ0) is 18.9. The molecule has 0 fully saturated rings. The number of hydrogen-bond acceptors (Lipinski definition) is 4. The van der Waals surface area contributed by atoms with Crippen molar-refractivity contribution in [3.63, 3.8) is 0 Å². The topological polar surface area (TPSA) is 39.7 Å². The van der Waals surface area contributed by atoms with Crippen LogP contribution in [0.3, 0.4) is 0 Å². The van der Waals surface area contributed by atoms with Crippen LogP contribution < -0.4 is 10.1 Å². The van der Waals surface area contributed by atoms with Crippen LogP contribution in [0.25, 0.3) is 0 Å². The molecule has 1 rings (SSSR count). The van der Waals surface area contributed by atoms with E-state index in [1.165, 1.54) is 5.56 Å². The van der Waals surface area contributed by atoms with E-state index in [2.05, 4.69) is 62.4 Å². The van der Waals surface area contributed by atoms with Crippen LogP contribution in [-0.4, -0.2) is 41.2 Å². The number of hydrogen-bond donors (Lipinski definition) is 1. The standard InChI is InChI=1S/C20H33NO3Si/c1-16(2)20(19(24-15-22-3)12-13-25(5,6)7)21-14-17-8-10-18(23-4)11-9-17/h8-11,16,19-21H,14-15H2,1-7H3/t19-,20+/m1/s1. The molecule has 2 atom stereocenters. The van der Waals surface area contributed by atoms with Gasteiger partial charge in [0.15, 0.2) is 0 Å². The number of benzene rings is 1. The van der Waals surface area contributed by atoms with E-state index in [4.69, 9.17) is 14.2 Å². The number of rotatable bonds is 9. The van der Waals surface area contributed by atoms with Gasteiger partial charge in [-0.1, -0.05) is 51.5 Å². The number of methoxy groups -OCH3 is 2. The van der Waals surface area contributed by atoms with E-state index < -0.39 is 8.07 Å². The largest absolute Gasteiger partial charge is 0.497 e. The summed E-state index contributed by atoms with van der Waals surface area (Å²) in [6.45, 7) is 12.1. The van der Waals surface area contributed by atoms with E-state index in [1.54, 1.807) is 14.2 Å². The average Bonchev–Trinajstić information content (AvgIpc) is 2.56. The van der Waals surface area contributed by atoms with Gasteiger partial charge >= 0.3 is 0 Å². The van der Waals surface area contributed by atoms with Crippen molar-refractivity contribution in [2.24, 2.45) is 5.92 Å². The summed E-state index contributed by atoms with van der Waals surface area (Å²) in [4.78, 5) is 0. The van der Waals surface area contributed by atoms with E-state index in [9.17, 15) is 0 Å². The van der Waals surface area contributed by atoms with Crippen LogP contribution in [0, 0.1) is 17.4 Å². The molecular weight excluding hydrogens is 330 g/mol. The number of nitrogens with one attached hydrogen (secondary N) is 1. The van der Waals surface area contributed by atoms with Crippen molar-refractivity contribution >= 4 is 8.07 Å². The van der Waals surface area contributed by atoms with Gasteiger partial charge in [-0.15, -0.1) is 5.54 Å². The molecule has 0 aromatic heterocycles. The first kappa shape index (κ1) is 21.7. The van der Waals surface area contributed by atoms with Crippen molar-refractivity contribution in [2.75, 3.05) is 21.0 Å². The molecule has 0 bridgehead atoms.